The zero-order valence-corrected chi connectivity index (χ0v) is 23.5. The van der Waals surface area contributed by atoms with Gasteiger partial charge in [-0.3, -0.25) is 14.4 Å². The molecule has 0 saturated carbocycles. The molecule has 1 aromatic carbocycles. The summed E-state index contributed by atoms with van der Waals surface area (Å²) in [5, 5.41) is 14.8. The number of ether oxygens (including phenoxy) is 1. The molecule has 4 rings (SSSR count). The second-order valence-corrected chi connectivity index (χ2v) is 11.3. The monoisotopic (exact) mass is 578 g/mol. The number of nitrogens with zero attached hydrogens (tertiary/aromatic N) is 2. The van der Waals surface area contributed by atoms with Crippen LogP contribution in [-0.2, 0) is 19.1 Å². The van der Waals surface area contributed by atoms with Gasteiger partial charge in [-0.1, -0.05) is 28.8 Å². The molecule has 3 aliphatic rings. The summed E-state index contributed by atoms with van der Waals surface area (Å²) in [6.45, 7) is 6.53. The van der Waals surface area contributed by atoms with Crippen LogP contribution in [0.15, 0.2) is 24.3 Å². The van der Waals surface area contributed by atoms with Crippen LogP contribution in [0.5, 0.6) is 0 Å². The van der Waals surface area contributed by atoms with Crippen LogP contribution in [0, 0.1) is 11.8 Å². The number of fused-ring (bicyclic) bond motifs is 1. The van der Waals surface area contributed by atoms with Crippen LogP contribution in [0.4, 0.5) is 11.4 Å². The summed E-state index contributed by atoms with van der Waals surface area (Å²) in [5.41, 5.74) is 0.682. The normalized spacial score (nSPS) is 29.9. The number of aliphatic hydroxyl groups excluding tert-OH is 1. The van der Waals surface area contributed by atoms with Crippen molar-refractivity contribution in [3.05, 3.63) is 24.3 Å². The third kappa shape index (κ3) is 5.00. The van der Waals surface area contributed by atoms with Crippen LogP contribution >= 0.6 is 15.9 Å². The van der Waals surface area contributed by atoms with Gasteiger partial charge in [0.15, 0.2) is 0 Å². The molecule has 3 heterocycles. The lowest BCUT2D eigenvalue weighted by atomic mass is 9.70. The van der Waals surface area contributed by atoms with Gasteiger partial charge in [-0.2, -0.15) is 0 Å². The summed E-state index contributed by atoms with van der Waals surface area (Å²) in [6.07, 6.45) is 3.15. The van der Waals surface area contributed by atoms with Crippen molar-refractivity contribution >= 4 is 45.0 Å². The quantitative estimate of drug-likeness (QED) is 0.259. The number of halogens is 1. The predicted octanol–water partition coefficient (Wildman–Crippen LogP) is 2.52. The molecule has 204 valence electrons. The van der Waals surface area contributed by atoms with Gasteiger partial charge in [0, 0.05) is 49.5 Å². The molecule has 6 atom stereocenters. The van der Waals surface area contributed by atoms with Crippen LogP contribution in [0.25, 0.3) is 0 Å². The molecule has 3 saturated heterocycles. The summed E-state index contributed by atoms with van der Waals surface area (Å²) in [4.78, 5) is 44.3. The van der Waals surface area contributed by atoms with Gasteiger partial charge in [0.05, 0.1) is 17.9 Å². The number of likely N-dealkylation sites (tertiary alicyclic amines) is 1. The van der Waals surface area contributed by atoms with Gasteiger partial charge in [0.2, 0.25) is 17.7 Å². The highest BCUT2D eigenvalue weighted by Crippen LogP contribution is 2.60. The first-order valence-corrected chi connectivity index (χ1v) is 14.3. The van der Waals surface area contributed by atoms with E-state index < -0.39 is 29.6 Å². The number of hydrogen-bond acceptors (Lipinski definition) is 6. The first-order valence-electron chi connectivity index (χ1n) is 13.4. The molecule has 3 N–H and O–H groups in total. The fourth-order valence-corrected chi connectivity index (χ4v) is 7.38. The lowest BCUT2D eigenvalue weighted by molar-refractivity contribution is -0.140. The van der Waals surface area contributed by atoms with E-state index in [-0.39, 0.29) is 29.2 Å². The van der Waals surface area contributed by atoms with Crippen LogP contribution in [-0.4, -0.2) is 83.6 Å². The number of unbranched alkanes of at least 4 members (excludes halogenated alkanes) is 3. The highest BCUT2D eigenvalue weighted by molar-refractivity contribution is 9.09. The predicted molar refractivity (Wildman–Crippen MR) is 146 cm³/mol. The van der Waals surface area contributed by atoms with Gasteiger partial charge in [0.1, 0.15) is 11.6 Å². The molecule has 3 amide bonds. The Morgan fingerprint density at radius 3 is 2.43 bits per heavy atom. The van der Waals surface area contributed by atoms with E-state index in [1.807, 2.05) is 24.3 Å². The molecule has 1 aromatic rings. The van der Waals surface area contributed by atoms with Crippen molar-refractivity contribution in [2.24, 2.45) is 11.8 Å². The smallest absolute Gasteiger partial charge is 0.250 e. The summed E-state index contributed by atoms with van der Waals surface area (Å²) in [6, 6.07) is 6.89. The molecule has 3 aliphatic heterocycles. The Morgan fingerprint density at radius 2 is 1.81 bits per heavy atom. The van der Waals surface area contributed by atoms with E-state index in [9.17, 15) is 14.4 Å². The van der Waals surface area contributed by atoms with Gasteiger partial charge >= 0.3 is 0 Å². The maximum atomic E-state index is 13.9. The molecule has 9 nitrogen and oxygen atoms in total. The van der Waals surface area contributed by atoms with Crippen LogP contribution in [0.3, 0.4) is 0 Å². The average molecular weight is 580 g/mol. The van der Waals surface area contributed by atoms with Gasteiger partial charge in [-0.25, -0.2) is 0 Å². The Bertz CT molecular complexity index is 988. The molecule has 37 heavy (non-hydrogen) atoms. The number of nitrogens with one attached hydrogen (secondary N) is 2. The van der Waals surface area contributed by atoms with Crippen molar-refractivity contribution in [1.29, 1.82) is 0 Å². The minimum absolute atomic E-state index is 0.119. The number of alkyl halides is 1. The molecule has 1 spiro atoms. The lowest BCUT2D eigenvalue weighted by Gasteiger charge is -2.34. The number of aliphatic hydroxyl groups is 1. The van der Waals surface area contributed by atoms with Crippen molar-refractivity contribution in [3.8, 4) is 0 Å². The SMILES string of the molecule is CCN(CC)c1ccc(NC(=O)C2N(CCCCCCO)C(=O)[C@@H]3[C@@H](C(=O)NC)[C@@H]4OC23CC4Br)cc1. The average Bonchev–Trinajstić information content (AvgIpc) is 3.48. The van der Waals surface area contributed by atoms with E-state index in [4.69, 9.17) is 9.84 Å². The zero-order valence-electron chi connectivity index (χ0n) is 21.9. The van der Waals surface area contributed by atoms with Gasteiger partial charge in [-0.15, -0.1) is 0 Å². The number of carbonyl (C=O) groups excluding carboxylic acids is 3. The van der Waals surface area contributed by atoms with Crippen molar-refractivity contribution < 1.29 is 24.2 Å². The third-order valence-electron chi connectivity index (χ3n) is 8.16. The highest BCUT2D eigenvalue weighted by atomic mass is 79.9. The number of carbonyl (C=O) groups is 3. The Morgan fingerprint density at radius 1 is 1.14 bits per heavy atom. The number of anilines is 2. The van der Waals surface area contributed by atoms with Gasteiger partial charge in [-0.05, 0) is 57.4 Å². The van der Waals surface area contributed by atoms with E-state index >= 15 is 0 Å². The number of rotatable bonds is 12. The molecular formula is C27H39BrN4O5. The molecule has 2 bridgehead atoms. The minimum atomic E-state index is -1.05. The van der Waals surface area contributed by atoms with Crippen molar-refractivity contribution in [2.45, 2.75) is 68.5 Å². The molecule has 3 fully saturated rings. The lowest BCUT2D eigenvalue weighted by Crippen LogP contribution is -2.54. The number of amides is 3. The standard InChI is InChI=1S/C27H39BrN4O5/c1-4-31(5-2)18-12-10-17(11-13-18)30-25(35)23-27-16-19(28)22(37-27)20(24(34)29-3)21(27)26(36)32(23)14-8-6-7-9-15-33/h10-13,19-23,33H,4-9,14-16H2,1-3H3,(H,29,34)(H,30,35)/t19?,20-,21+,22-,23?,27?/m1/s1. The molecular weight excluding hydrogens is 540 g/mol. The molecule has 3 unspecified atom stereocenters. The fourth-order valence-electron chi connectivity index (χ4n) is 6.44. The highest BCUT2D eigenvalue weighted by Gasteiger charge is 2.76. The number of benzene rings is 1. The Hall–Kier alpha value is -2.17. The maximum Gasteiger partial charge on any atom is 0.250 e. The van der Waals surface area contributed by atoms with Crippen LogP contribution in [0.1, 0.15) is 46.0 Å². The molecule has 0 aliphatic carbocycles. The summed E-state index contributed by atoms with van der Waals surface area (Å²) < 4.78 is 6.46. The second-order valence-electron chi connectivity index (χ2n) is 10.2. The molecule has 0 aromatic heterocycles. The van der Waals surface area contributed by atoms with Crippen LogP contribution < -0.4 is 15.5 Å². The van der Waals surface area contributed by atoms with Gasteiger partial charge in [0.25, 0.3) is 0 Å². The van der Waals surface area contributed by atoms with E-state index in [0.717, 1.165) is 31.6 Å². The van der Waals surface area contributed by atoms with Gasteiger partial charge < -0.3 is 30.3 Å². The van der Waals surface area contributed by atoms with Crippen molar-refractivity contribution in [3.63, 3.8) is 0 Å². The summed E-state index contributed by atoms with van der Waals surface area (Å²) >= 11 is 3.67. The fraction of sp³-hybridized carbons (Fsp3) is 0.667. The topological polar surface area (TPSA) is 111 Å². The Labute approximate surface area is 227 Å². The van der Waals surface area contributed by atoms with Crippen LogP contribution in [0.2, 0.25) is 0 Å². The van der Waals surface area contributed by atoms with E-state index in [2.05, 4.69) is 45.3 Å². The zero-order chi connectivity index (χ0) is 26.7. The molecule has 10 heteroatoms. The van der Waals surface area contributed by atoms with Crippen molar-refractivity contribution in [2.75, 3.05) is 43.5 Å². The van der Waals surface area contributed by atoms with E-state index in [1.54, 1.807) is 11.9 Å². The minimum Gasteiger partial charge on any atom is -0.396 e. The van der Waals surface area contributed by atoms with Crippen molar-refractivity contribution in [1.82, 2.24) is 10.2 Å². The maximum absolute atomic E-state index is 13.9. The Balaban J connectivity index is 1.60. The summed E-state index contributed by atoms with van der Waals surface area (Å²) in [5.74, 6) is -2.04. The van der Waals surface area contributed by atoms with E-state index in [1.165, 1.54) is 0 Å². The summed E-state index contributed by atoms with van der Waals surface area (Å²) in [7, 11) is 1.56. The number of hydrogen-bond donors (Lipinski definition) is 3. The first-order chi connectivity index (χ1) is 17.8. The molecule has 0 radical (unpaired) electrons. The third-order valence-corrected chi connectivity index (χ3v) is 9.00. The Kier molecular flexibility index (Phi) is 8.81. The van der Waals surface area contributed by atoms with E-state index in [0.29, 0.717) is 31.5 Å². The first kappa shape index (κ1) is 27.9. The second kappa shape index (κ2) is 11.7. The largest absolute Gasteiger partial charge is 0.396 e.